The molecule has 0 saturated carbocycles. The number of benzene rings is 2. The molecule has 0 saturated heterocycles. The topological polar surface area (TPSA) is 34.0 Å². The number of hydrogen-bond donors (Lipinski definition) is 0. The SMILES string of the molecule is CN(CCc1cn(-c2ccc(Cl)cc2)c(-c2ccc(F)cc2)n1)c1ccncc1. The number of aromatic nitrogens is 3. The van der Waals surface area contributed by atoms with E-state index in [1.165, 1.54) is 12.1 Å². The second kappa shape index (κ2) is 8.45. The van der Waals surface area contributed by atoms with Crippen LogP contribution in [0.3, 0.4) is 0 Å². The van der Waals surface area contributed by atoms with Crippen LogP contribution in [0.15, 0.2) is 79.3 Å². The van der Waals surface area contributed by atoms with E-state index >= 15 is 0 Å². The first-order valence-electron chi connectivity index (χ1n) is 9.31. The predicted molar refractivity (Wildman–Crippen MR) is 115 cm³/mol. The number of rotatable bonds is 6. The van der Waals surface area contributed by atoms with Crippen LogP contribution in [0.4, 0.5) is 10.1 Å². The molecule has 146 valence electrons. The van der Waals surface area contributed by atoms with Crippen molar-refractivity contribution >= 4 is 17.3 Å². The largest absolute Gasteiger partial charge is 0.374 e. The van der Waals surface area contributed by atoms with E-state index in [9.17, 15) is 4.39 Å². The second-order valence-corrected chi connectivity index (χ2v) is 7.22. The maximum Gasteiger partial charge on any atom is 0.144 e. The van der Waals surface area contributed by atoms with Crippen LogP contribution in [0, 0.1) is 5.82 Å². The average molecular weight is 407 g/mol. The first-order chi connectivity index (χ1) is 14.1. The van der Waals surface area contributed by atoms with Crippen LogP contribution in [0.1, 0.15) is 5.69 Å². The van der Waals surface area contributed by atoms with Gasteiger partial charge in [0.1, 0.15) is 11.6 Å². The Hall–Kier alpha value is -3.18. The third-order valence-corrected chi connectivity index (χ3v) is 5.02. The Bertz CT molecular complexity index is 1010. The minimum atomic E-state index is -0.266. The summed E-state index contributed by atoms with van der Waals surface area (Å²) in [5.41, 5.74) is 3.88. The molecule has 4 aromatic rings. The Kier molecular flexibility index (Phi) is 5.58. The highest BCUT2D eigenvalue weighted by atomic mass is 35.5. The van der Waals surface area contributed by atoms with Gasteiger partial charge in [-0.25, -0.2) is 9.37 Å². The monoisotopic (exact) mass is 406 g/mol. The Morgan fingerprint density at radius 1 is 0.966 bits per heavy atom. The third kappa shape index (κ3) is 4.46. The van der Waals surface area contributed by atoms with Gasteiger partial charge in [-0.05, 0) is 60.7 Å². The molecule has 0 unspecified atom stereocenters. The van der Waals surface area contributed by atoms with E-state index in [1.807, 2.05) is 54.2 Å². The van der Waals surface area contributed by atoms with E-state index in [2.05, 4.69) is 9.88 Å². The maximum atomic E-state index is 13.4. The quantitative estimate of drug-likeness (QED) is 0.429. The molecule has 0 amide bonds. The van der Waals surface area contributed by atoms with E-state index in [0.717, 1.165) is 41.4 Å². The van der Waals surface area contributed by atoms with Crippen LogP contribution in [-0.4, -0.2) is 28.1 Å². The first kappa shape index (κ1) is 19.2. The standard InChI is InChI=1S/C23H20ClFN4/c1-28(21-10-13-26-14-11-21)15-12-20-16-29(22-8-4-18(24)5-9-22)23(27-20)17-2-6-19(25)7-3-17/h2-11,13-14,16H,12,15H2,1H3. The van der Waals surface area contributed by atoms with Crippen molar-refractivity contribution in [2.24, 2.45) is 0 Å². The van der Waals surface area contributed by atoms with Gasteiger partial charge in [-0.15, -0.1) is 0 Å². The molecule has 2 aromatic carbocycles. The molecule has 4 nitrogen and oxygen atoms in total. The summed E-state index contributed by atoms with van der Waals surface area (Å²) in [5.74, 6) is 0.506. The summed E-state index contributed by atoms with van der Waals surface area (Å²) in [6.45, 7) is 0.810. The number of imidazole rings is 1. The van der Waals surface area contributed by atoms with Crippen LogP contribution in [0.25, 0.3) is 17.1 Å². The fourth-order valence-electron chi connectivity index (χ4n) is 3.16. The smallest absolute Gasteiger partial charge is 0.144 e. The lowest BCUT2D eigenvalue weighted by Gasteiger charge is -2.18. The molecule has 2 aromatic heterocycles. The minimum Gasteiger partial charge on any atom is -0.374 e. The van der Waals surface area contributed by atoms with Gasteiger partial charge in [-0.2, -0.15) is 0 Å². The van der Waals surface area contributed by atoms with Crippen molar-refractivity contribution in [3.8, 4) is 17.1 Å². The normalized spacial score (nSPS) is 10.9. The van der Waals surface area contributed by atoms with E-state index in [0.29, 0.717) is 5.02 Å². The number of hydrogen-bond acceptors (Lipinski definition) is 3. The van der Waals surface area contributed by atoms with Crippen molar-refractivity contribution in [1.82, 2.24) is 14.5 Å². The van der Waals surface area contributed by atoms with Gasteiger partial charge in [0.2, 0.25) is 0 Å². The van der Waals surface area contributed by atoms with Crippen LogP contribution < -0.4 is 4.90 Å². The van der Waals surface area contributed by atoms with Gasteiger partial charge in [0, 0.05) is 60.6 Å². The molecule has 4 rings (SSSR count). The lowest BCUT2D eigenvalue weighted by Crippen LogP contribution is -2.20. The summed E-state index contributed by atoms with van der Waals surface area (Å²) in [7, 11) is 2.05. The molecule has 2 heterocycles. The Labute approximate surface area is 174 Å². The van der Waals surface area contributed by atoms with Crippen molar-refractivity contribution in [3.05, 3.63) is 95.8 Å². The molecule has 29 heavy (non-hydrogen) atoms. The molecule has 0 fully saturated rings. The summed E-state index contributed by atoms with van der Waals surface area (Å²) in [6, 6.07) is 18.0. The number of anilines is 1. The van der Waals surface area contributed by atoms with Gasteiger partial charge < -0.3 is 4.90 Å². The van der Waals surface area contributed by atoms with Crippen molar-refractivity contribution in [3.63, 3.8) is 0 Å². The number of nitrogens with zero attached hydrogens (tertiary/aromatic N) is 4. The fraction of sp³-hybridized carbons (Fsp3) is 0.130. The van der Waals surface area contributed by atoms with Gasteiger partial charge in [0.05, 0.1) is 5.69 Å². The van der Waals surface area contributed by atoms with E-state index < -0.39 is 0 Å². The first-order valence-corrected chi connectivity index (χ1v) is 9.69. The van der Waals surface area contributed by atoms with Crippen molar-refractivity contribution in [1.29, 1.82) is 0 Å². The zero-order valence-electron chi connectivity index (χ0n) is 16.0. The van der Waals surface area contributed by atoms with E-state index in [4.69, 9.17) is 16.6 Å². The van der Waals surface area contributed by atoms with Crippen molar-refractivity contribution in [2.45, 2.75) is 6.42 Å². The number of halogens is 2. The van der Waals surface area contributed by atoms with Crippen LogP contribution in [0.2, 0.25) is 5.02 Å². The Balaban J connectivity index is 1.64. The highest BCUT2D eigenvalue weighted by Gasteiger charge is 2.13. The minimum absolute atomic E-state index is 0.266. The molecule has 6 heteroatoms. The second-order valence-electron chi connectivity index (χ2n) is 6.79. The summed E-state index contributed by atoms with van der Waals surface area (Å²) < 4.78 is 15.4. The van der Waals surface area contributed by atoms with Gasteiger partial charge in [0.25, 0.3) is 0 Å². The summed E-state index contributed by atoms with van der Waals surface area (Å²) >= 11 is 6.04. The highest BCUT2D eigenvalue weighted by Crippen LogP contribution is 2.25. The molecule has 0 spiro atoms. The zero-order valence-corrected chi connectivity index (χ0v) is 16.7. The van der Waals surface area contributed by atoms with Gasteiger partial charge in [-0.3, -0.25) is 9.55 Å². The molecule has 0 aliphatic rings. The van der Waals surface area contributed by atoms with Crippen LogP contribution in [0.5, 0.6) is 0 Å². The zero-order chi connectivity index (χ0) is 20.2. The van der Waals surface area contributed by atoms with Crippen LogP contribution >= 0.6 is 11.6 Å². The number of pyridine rings is 1. The Morgan fingerprint density at radius 2 is 1.66 bits per heavy atom. The molecular weight excluding hydrogens is 387 g/mol. The fourth-order valence-corrected chi connectivity index (χ4v) is 3.29. The lowest BCUT2D eigenvalue weighted by molar-refractivity contribution is 0.628. The van der Waals surface area contributed by atoms with Crippen LogP contribution in [-0.2, 0) is 6.42 Å². The lowest BCUT2D eigenvalue weighted by atomic mass is 10.2. The molecule has 0 atom stereocenters. The Morgan fingerprint density at radius 3 is 2.34 bits per heavy atom. The molecule has 0 N–H and O–H groups in total. The van der Waals surface area contributed by atoms with Gasteiger partial charge in [-0.1, -0.05) is 11.6 Å². The predicted octanol–water partition coefficient (Wildman–Crippen LogP) is 5.41. The average Bonchev–Trinajstić information content (AvgIpc) is 3.18. The van der Waals surface area contributed by atoms with Crippen molar-refractivity contribution in [2.75, 3.05) is 18.5 Å². The van der Waals surface area contributed by atoms with Crippen molar-refractivity contribution < 1.29 is 4.39 Å². The summed E-state index contributed by atoms with van der Waals surface area (Å²) in [5, 5.41) is 0.677. The molecule has 0 aliphatic heterocycles. The van der Waals surface area contributed by atoms with E-state index in [-0.39, 0.29) is 5.82 Å². The highest BCUT2D eigenvalue weighted by molar-refractivity contribution is 6.30. The number of likely N-dealkylation sites (N-methyl/N-ethyl adjacent to an activating group) is 1. The maximum absolute atomic E-state index is 13.4. The van der Waals surface area contributed by atoms with Gasteiger partial charge in [0.15, 0.2) is 0 Å². The third-order valence-electron chi connectivity index (χ3n) is 4.77. The van der Waals surface area contributed by atoms with Gasteiger partial charge >= 0.3 is 0 Å². The summed E-state index contributed by atoms with van der Waals surface area (Å²) in [6.07, 6.45) is 6.37. The molecule has 0 bridgehead atoms. The molecule has 0 aliphatic carbocycles. The summed E-state index contributed by atoms with van der Waals surface area (Å²) in [4.78, 5) is 11.1. The molecule has 0 radical (unpaired) electrons. The molecular formula is C23H20ClFN4. The van der Waals surface area contributed by atoms with E-state index in [1.54, 1.807) is 24.5 Å².